The van der Waals surface area contributed by atoms with E-state index in [0.717, 1.165) is 28.8 Å². The molecule has 3 aromatic carbocycles. The van der Waals surface area contributed by atoms with Crippen LogP contribution in [0.1, 0.15) is 56.9 Å². The number of hydrogen-bond acceptors (Lipinski definition) is 2. The Labute approximate surface area is 189 Å². The molecule has 0 fully saturated rings. The van der Waals surface area contributed by atoms with E-state index in [4.69, 9.17) is 9.40 Å². The molecule has 32 heavy (non-hydrogen) atoms. The zero-order valence-electron chi connectivity index (χ0n) is 19.8. The first-order chi connectivity index (χ1) is 15.1. The third-order valence-corrected chi connectivity index (χ3v) is 7.11. The Hall–Kier alpha value is -3.13. The first-order valence-corrected chi connectivity index (χ1v) is 11.5. The molecule has 2 nitrogen and oxygen atoms in total. The van der Waals surface area contributed by atoms with E-state index >= 15 is 0 Å². The number of pyridine rings is 1. The largest absolute Gasteiger partial charge is 0.455 e. The lowest BCUT2D eigenvalue weighted by Crippen LogP contribution is -2.20. The van der Waals surface area contributed by atoms with Gasteiger partial charge in [-0.25, -0.2) is 0 Å². The molecule has 160 valence electrons. The molecule has 0 saturated heterocycles. The summed E-state index contributed by atoms with van der Waals surface area (Å²) in [5.41, 5.74) is 9.31. The summed E-state index contributed by atoms with van der Waals surface area (Å²) in [6.07, 6.45) is 2.95. The summed E-state index contributed by atoms with van der Waals surface area (Å²) in [4.78, 5) is 5.01. The van der Waals surface area contributed by atoms with Gasteiger partial charge in [-0.1, -0.05) is 71.0 Å². The molecule has 0 saturated carbocycles. The van der Waals surface area contributed by atoms with E-state index < -0.39 is 0 Å². The molecular formula is C30H29NO. The van der Waals surface area contributed by atoms with Gasteiger partial charge in [0.25, 0.3) is 0 Å². The first-order valence-electron chi connectivity index (χ1n) is 11.5. The summed E-state index contributed by atoms with van der Waals surface area (Å²) in [6, 6.07) is 18.0. The van der Waals surface area contributed by atoms with Crippen LogP contribution in [-0.4, -0.2) is 4.98 Å². The predicted molar refractivity (Wildman–Crippen MR) is 134 cm³/mol. The molecule has 0 atom stereocenters. The molecule has 2 aromatic heterocycles. The van der Waals surface area contributed by atoms with Crippen molar-refractivity contribution in [2.75, 3.05) is 0 Å². The summed E-state index contributed by atoms with van der Waals surface area (Å²) in [6.45, 7) is 13.7. The monoisotopic (exact) mass is 419 g/mol. The summed E-state index contributed by atoms with van der Waals surface area (Å²) >= 11 is 0. The molecule has 6 rings (SSSR count). The summed E-state index contributed by atoms with van der Waals surface area (Å²) in [7, 11) is 0. The average molecular weight is 420 g/mol. The number of fused-ring (bicyclic) bond motifs is 3. The molecule has 0 aliphatic heterocycles. The minimum Gasteiger partial charge on any atom is -0.455 e. The normalized spacial score (nSPS) is 14.9. The minimum absolute atomic E-state index is 0.177. The van der Waals surface area contributed by atoms with Crippen molar-refractivity contribution < 1.29 is 4.42 Å². The number of aryl methyl sites for hydroxylation is 1. The number of hydrogen-bond donors (Lipinski definition) is 0. The molecule has 0 spiro atoms. The van der Waals surface area contributed by atoms with Gasteiger partial charge in [-0.2, -0.15) is 0 Å². The van der Waals surface area contributed by atoms with Gasteiger partial charge >= 0.3 is 0 Å². The van der Waals surface area contributed by atoms with Gasteiger partial charge in [0, 0.05) is 28.1 Å². The molecule has 0 N–H and O–H groups in total. The van der Waals surface area contributed by atoms with Crippen LogP contribution in [0.2, 0.25) is 0 Å². The van der Waals surface area contributed by atoms with Crippen LogP contribution in [0.15, 0.2) is 59.1 Å². The van der Waals surface area contributed by atoms with Gasteiger partial charge in [0.1, 0.15) is 11.2 Å². The molecule has 2 heteroatoms. The van der Waals surface area contributed by atoms with Crippen LogP contribution < -0.4 is 0 Å². The third kappa shape index (κ3) is 2.62. The summed E-state index contributed by atoms with van der Waals surface area (Å²) in [5, 5.41) is 4.94. The summed E-state index contributed by atoms with van der Waals surface area (Å²) < 4.78 is 6.67. The maximum absolute atomic E-state index is 6.67. The smallest absolute Gasteiger partial charge is 0.142 e. The second kappa shape index (κ2) is 6.22. The van der Waals surface area contributed by atoms with Crippen LogP contribution in [-0.2, 0) is 11.8 Å². The van der Waals surface area contributed by atoms with Gasteiger partial charge < -0.3 is 4.42 Å². The number of furan rings is 1. The highest BCUT2D eigenvalue weighted by Gasteiger charge is 2.35. The topological polar surface area (TPSA) is 26.0 Å². The molecule has 5 aromatic rings. The number of aromatic nitrogens is 1. The highest BCUT2D eigenvalue weighted by molar-refractivity contribution is 6.16. The SMILES string of the molecule is Cc1cnc2c3c1oc1c(CC(C)(C)C)ccc(c13)C(C)(C)c1cc3ccccc3cc1-2. The Morgan fingerprint density at radius 2 is 1.59 bits per heavy atom. The van der Waals surface area contributed by atoms with E-state index in [-0.39, 0.29) is 10.8 Å². The second-order valence-corrected chi connectivity index (χ2v) is 11.2. The minimum atomic E-state index is -0.177. The zero-order chi connectivity index (χ0) is 22.4. The Bertz CT molecular complexity index is 1560. The van der Waals surface area contributed by atoms with E-state index in [2.05, 4.69) is 90.1 Å². The van der Waals surface area contributed by atoms with Gasteiger partial charge in [-0.15, -0.1) is 0 Å². The van der Waals surface area contributed by atoms with Gasteiger partial charge in [-0.3, -0.25) is 4.98 Å². The molecule has 0 radical (unpaired) electrons. The highest BCUT2D eigenvalue weighted by atomic mass is 16.3. The molecule has 1 aliphatic rings. The fourth-order valence-electron chi connectivity index (χ4n) is 5.58. The summed E-state index contributed by atoms with van der Waals surface area (Å²) in [5.74, 6) is 0. The Balaban J connectivity index is 1.82. The quantitative estimate of drug-likeness (QED) is 0.273. The molecular weight excluding hydrogens is 390 g/mol. The molecule has 2 heterocycles. The maximum atomic E-state index is 6.67. The van der Waals surface area contributed by atoms with E-state index in [1.165, 1.54) is 43.8 Å². The Kier molecular flexibility index (Phi) is 3.80. The van der Waals surface area contributed by atoms with Crippen molar-refractivity contribution in [1.82, 2.24) is 4.98 Å². The van der Waals surface area contributed by atoms with Gasteiger partial charge in [0.05, 0.1) is 11.1 Å². The molecule has 1 aliphatic carbocycles. The number of nitrogens with zero attached hydrogens (tertiary/aromatic N) is 1. The van der Waals surface area contributed by atoms with Crippen molar-refractivity contribution in [3.8, 4) is 11.3 Å². The van der Waals surface area contributed by atoms with Crippen molar-refractivity contribution in [2.24, 2.45) is 5.41 Å². The second-order valence-electron chi connectivity index (χ2n) is 11.2. The van der Waals surface area contributed by atoms with Crippen molar-refractivity contribution in [3.63, 3.8) is 0 Å². The predicted octanol–water partition coefficient (Wildman–Crippen LogP) is 8.34. The van der Waals surface area contributed by atoms with E-state index in [1.807, 2.05) is 6.20 Å². The lowest BCUT2D eigenvalue weighted by Gasteiger charge is -2.29. The van der Waals surface area contributed by atoms with Gasteiger partial charge in [0.15, 0.2) is 0 Å². The van der Waals surface area contributed by atoms with Crippen molar-refractivity contribution >= 4 is 32.7 Å². The molecule has 0 amide bonds. The lowest BCUT2D eigenvalue weighted by molar-refractivity contribution is 0.410. The fourth-order valence-corrected chi connectivity index (χ4v) is 5.58. The van der Waals surface area contributed by atoms with Crippen LogP contribution in [0.3, 0.4) is 0 Å². The van der Waals surface area contributed by atoms with Crippen LogP contribution in [0.4, 0.5) is 0 Å². The van der Waals surface area contributed by atoms with Crippen LogP contribution in [0, 0.1) is 12.3 Å². The lowest BCUT2D eigenvalue weighted by atomic mass is 9.74. The van der Waals surface area contributed by atoms with Gasteiger partial charge in [-0.05, 0) is 58.4 Å². The molecule has 0 bridgehead atoms. The van der Waals surface area contributed by atoms with E-state index in [9.17, 15) is 0 Å². The van der Waals surface area contributed by atoms with Crippen molar-refractivity contribution in [2.45, 2.75) is 53.4 Å². The third-order valence-electron chi connectivity index (χ3n) is 7.11. The van der Waals surface area contributed by atoms with Crippen LogP contribution in [0.5, 0.6) is 0 Å². The van der Waals surface area contributed by atoms with Crippen LogP contribution >= 0.6 is 0 Å². The standard InChI is InChI=1S/C30H29NO/c1-17-16-31-26-21-13-18-9-7-8-10-19(18)14-23(21)30(5,6)22-12-11-20(15-29(2,3)4)28-24(22)25(26)27(17)32-28/h7-14,16H,15H2,1-6H3. The van der Waals surface area contributed by atoms with E-state index in [1.54, 1.807) is 0 Å². The van der Waals surface area contributed by atoms with Crippen molar-refractivity contribution in [3.05, 3.63) is 77.0 Å². The number of benzene rings is 3. The van der Waals surface area contributed by atoms with Crippen molar-refractivity contribution in [1.29, 1.82) is 0 Å². The highest BCUT2D eigenvalue weighted by Crippen LogP contribution is 2.51. The zero-order valence-corrected chi connectivity index (χ0v) is 19.8. The number of rotatable bonds is 1. The van der Waals surface area contributed by atoms with E-state index in [0.29, 0.717) is 0 Å². The first kappa shape index (κ1) is 19.5. The van der Waals surface area contributed by atoms with Crippen LogP contribution in [0.25, 0.3) is 44.0 Å². The Morgan fingerprint density at radius 1 is 0.875 bits per heavy atom. The fraction of sp³-hybridized carbons (Fsp3) is 0.300. The Morgan fingerprint density at radius 3 is 2.31 bits per heavy atom. The van der Waals surface area contributed by atoms with Gasteiger partial charge in [0.2, 0.25) is 0 Å². The average Bonchev–Trinajstić information content (AvgIpc) is 3.11. The maximum Gasteiger partial charge on any atom is 0.142 e. The molecule has 0 unspecified atom stereocenters.